The Balaban J connectivity index is 1.87. The fraction of sp³-hybridized carbons (Fsp3) is 0.765. The zero-order chi connectivity index (χ0) is 14.6. The van der Waals surface area contributed by atoms with Crippen LogP contribution in [0.1, 0.15) is 45.4 Å². The first-order valence-electron chi connectivity index (χ1n) is 8.02. The first-order chi connectivity index (χ1) is 9.53. The number of hydrogen-bond acceptors (Lipinski definition) is 3. The van der Waals surface area contributed by atoms with Crippen LogP contribution in [0.2, 0.25) is 0 Å². The summed E-state index contributed by atoms with van der Waals surface area (Å²) in [6, 6.07) is 5.17. The molecule has 1 aliphatic heterocycles. The Hall–Kier alpha value is -0.380. The molecular formula is C17H30N2S. The van der Waals surface area contributed by atoms with Gasteiger partial charge in [0.25, 0.3) is 0 Å². The highest BCUT2D eigenvalue weighted by Gasteiger charge is 2.30. The molecule has 1 N–H and O–H groups in total. The van der Waals surface area contributed by atoms with Crippen molar-refractivity contribution in [3.63, 3.8) is 0 Å². The highest BCUT2D eigenvalue weighted by Crippen LogP contribution is 2.30. The Labute approximate surface area is 128 Å². The molecule has 0 aromatic carbocycles. The summed E-state index contributed by atoms with van der Waals surface area (Å²) in [5.41, 5.74) is 0.275. The Morgan fingerprint density at radius 3 is 2.85 bits per heavy atom. The average Bonchev–Trinajstić information content (AvgIpc) is 2.92. The van der Waals surface area contributed by atoms with E-state index in [1.165, 1.54) is 37.4 Å². The molecule has 0 radical (unpaired) electrons. The van der Waals surface area contributed by atoms with Gasteiger partial charge in [-0.2, -0.15) is 0 Å². The van der Waals surface area contributed by atoms with Gasteiger partial charge in [-0.05, 0) is 43.3 Å². The van der Waals surface area contributed by atoms with Gasteiger partial charge in [0.1, 0.15) is 0 Å². The summed E-state index contributed by atoms with van der Waals surface area (Å²) < 4.78 is 0. The predicted octanol–water partition coefficient (Wildman–Crippen LogP) is 3.74. The van der Waals surface area contributed by atoms with E-state index in [0.717, 1.165) is 18.5 Å². The quantitative estimate of drug-likeness (QED) is 0.860. The number of nitrogens with zero attached hydrogens (tertiary/aromatic N) is 1. The standard InChI is InChI=1S/C17H30N2S/c1-5-9-18-15-8-10-19(12-14(15)2)13-17(3,4)16-7-6-11-20-16/h6-7,11,14-15,18H,5,8-10,12-13H2,1-4H3. The lowest BCUT2D eigenvalue weighted by molar-refractivity contribution is 0.126. The molecule has 1 fully saturated rings. The van der Waals surface area contributed by atoms with E-state index >= 15 is 0 Å². The molecule has 2 atom stereocenters. The van der Waals surface area contributed by atoms with Crippen LogP contribution in [0, 0.1) is 5.92 Å². The number of piperidine rings is 1. The average molecular weight is 295 g/mol. The molecule has 2 heterocycles. The molecule has 1 aliphatic rings. The van der Waals surface area contributed by atoms with Crippen LogP contribution in [0.5, 0.6) is 0 Å². The Morgan fingerprint density at radius 1 is 1.45 bits per heavy atom. The molecule has 2 nitrogen and oxygen atoms in total. The molecule has 0 aliphatic carbocycles. The van der Waals surface area contributed by atoms with E-state index < -0.39 is 0 Å². The second kappa shape index (κ2) is 7.06. The largest absolute Gasteiger partial charge is 0.314 e. The molecule has 1 saturated heterocycles. The number of likely N-dealkylation sites (tertiary alicyclic amines) is 1. The molecule has 2 unspecified atom stereocenters. The zero-order valence-corrected chi connectivity index (χ0v) is 14.3. The molecule has 3 heteroatoms. The lowest BCUT2D eigenvalue weighted by Gasteiger charge is -2.40. The van der Waals surface area contributed by atoms with E-state index in [1.54, 1.807) is 0 Å². The lowest BCUT2D eigenvalue weighted by Crippen LogP contribution is -2.50. The van der Waals surface area contributed by atoms with Gasteiger partial charge in [-0.1, -0.05) is 33.8 Å². The van der Waals surface area contributed by atoms with Crippen molar-refractivity contribution in [3.8, 4) is 0 Å². The second-order valence-corrected chi connectivity index (χ2v) is 7.87. The van der Waals surface area contributed by atoms with Gasteiger partial charge in [0.15, 0.2) is 0 Å². The summed E-state index contributed by atoms with van der Waals surface area (Å²) in [5, 5.41) is 5.90. The Bertz CT molecular complexity index is 386. The van der Waals surface area contributed by atoms with Crippen molar-refractivity contribution in [2.24, 2.45) is 5.92 Å². The molecule has 1 aromatic rings. The minimum Gasteiger partial charge on any atom is -0.314 e. The van der Waals surface area contributed by atoms with Crippen LogP contribution in [0.4, 0.5) is 0 Å². The van der Waals surface area contributed by atoms with Gasteiger partial charge in [-0.15, -0.1) is 11.3 Å². The van der Waals surface area contributed by atoms with Crippen LogP contribution in [0.15, 0.2) is 17.5 Å². The van der Waals surface area contributed by atoms with Crippen molar-refractivity contribution in [2.75, 3.05) is 26.2 Å². The smallest absolute Gasteiger partial charge is 0.0118 e. The molecule has 2 rings (SSSR count). The van der Waals surface area contributed by atoms with Gasteiger partial charge in [0.05, 0.1) is 0 Å². The maximum Gasteiger partial charge on any atom is 0.0118 e. The first kappa shape index (κ1) is 16.0. The number of nitrogens with one attached hydrogen (secondary N) is 1. The molecule has 114 valence electrons. The molecule has 0 bridgehead atoms. The van der Waals surface area contributed by atoms with Crippen molar-refractivity contribution in [2.45, 2.75) is 52.0 Å². The van der Waals surface area contributed by atoms with E-state index in [9.17, 15) is 0 Å². The van der Waals surface area contributed by atoms with Gasteiger partial charge in [-0.3, -0.25) is 0 Å². The number of hydrogen-bond donors (Lipinski definition) is 1. The minimum absolute atomic E-state index is 0.275. The fourth-order valence-corrected chi connectivity index (χ4v) is 4.15. The summed E-state index contributed by atoms with van der Waals surface area (Å²) in [6.07, 6.45) is 2.53. The number of rotatable bonds is 6. The molecule has 0 spiro atoms. The Kier molecular flexibility index (Phi) is 5.65. The van der Waals surface area contributed by atoms with Crippen molar-refractivity contribution >= 4 is 11.3 Å². The Morgan fingerprint density at radius 2 is 2.25 bits per heavy atom. The van der Waals surface area contributed by atoms with Crippen LogP contribution in [0.3, 0.4) is 0 Å². The predicted molar refractivity (Wildman–Crippen MR) is 89.6 cm³/mol. The number of thiophene rings is 1. The van der Waals surface area contributed by atoms with Crippen molar-refractivity contribution in [1.82, 2.24) is 10.2 Å². The summed E-state index contributed by atoms with van der Waals surface area (Å²) in [4.78, 5) is 4.17. The van der Waals surface area contributed by atoms with Crippen LogP contribution in [0.25, 0.3) is 0 Å². The van der Waals surface area contributed by atoms with Crippen molar-refractivity contribution in [1.29, 1.82) is 0 Å². The van der Waals surface area contributed by atoms with Gasteiger partial charge in [-0.25, -0.2) is 0 Å². The van der Waals surface area contributed by atoms with Gasteiger partial charge in [0, 0.05) is 29.4 Å². The monoisotopic (exact) mass is 294 g/mol. The minimum atomic E-state index is 0.275. The topological polar surface area (TPSA) is 15.3 Å². The van der Waals surface area contributed by atoms with E-state index in [4.69, 9.17) is 0 Å². The van der Waals surface area contributed by atoms with Gasteiger partial charge in [0.2, 0.25) is 0 Å². The SMILES string of the molecule is CCCNC1CCN(CC(C)(C)c2cccs2)CC1C. The third kappa shape index (κ3) is 4.06. The third-order valence-corrected chi connectivity index (χ3v) is 5.69. The van der Waals surface area contributed by atoms with E-state index in [-0.39, 0.29) is 5.41 Å². The maximum atomic E-state index is 3.71. The summed E-state index contributed by atoms with van der Waals surface area (Å²) in [6.45, 7) is 14.2. The van der Waals surface area contributed by atoms with E-state index in [1.807, 2.05) is 11.3 Å². The zero-order valence-electron chi connectivity index (χ0n) is 13.5. The molecule has 0 saturated carbocycles. The van der Waals surface area contributed by atoms with Crippen LogP contribution in [-0.4, -0.2) is 37.1 Å². The second-order valence-electron chi connectivity index (χ2n) is 6.92. The van der Waals surface area contributed by atoms with E-state index in [0.29, 0.717) is 0 Å². The van der Waals surface area contributed by atoms with Crippen molar-refractivity contribution in [3.05, 3.63) is 22.4 Å². The van der Waals surface area contributed by atoms with E-state index in [2.05, 4.69) is 55.4 Å². The summed E-state index contributed by atoms with van der Waals surface area (Å²) >= 11 is 1.89. The van der Waals surface area contributed by atoms with Crippen LogP contribution < -0.4 is 5.32 Å². The maximum absolute atomic E-state index is 3.71. The molecular weight excluding hydrogens is 264 g/mol. The van der Waals surface area contributed by atoms with Crippen LogP contribution in [-0.2, 0) is 5.41 Å². The normalized spacial score (nSPS) is 25.0. The third-order valence-electron chi connectivity index (χ3n) is 4.45. The summed E-state index contributed by atoms with van der Waals surface area (Å²) in [7, 11) is 0. The molecule has 1 aromatic heterocycles. The van der Waals surface area contributed by atoms with Gasteiger partial charge >= 0.3 is 0 Å². The van der Waals surface area contributed by atoms with Crippen molar-refractivity contribution < 1.29 is 0 Å². The van der Waals surface area contributed by atoms with Crippen LogP contribution >= 0.6 is 11.3 Å². The van der Waals surface area contributed by atoms with Gasteiger partial charge < -0.3 is 10.2 Å². The fourth-order valence-electron chi connectivity index (χ4n) is 3.31. The molecule has 20 heavy (non-hydrogen) atoms. The highest BCUT2D eigenvalue weighted by molar-refractivity contribution is 7.10. The summed E-state index contributed by atoms with van der Waals surface area (Å²) in [5.74, 6) is 0.759. The highest BCUT2D eigenvalue weighted by atomic mass is 32.1. The lowest BCUT2D eigenvalue weighted by atomic mass is 9.87. The molecule has 0 amide bonds. The first-order valence-corrected chi connectivity index (χ1v) is 8.90.